The third kappa shape index (κ3) is 4.20. The Kier molecular flexibility index (Phi) is 4.19. The van der Waals surface area contributed by atoms with Gasteiger partial charge in [0.05, 0.1) is 17.2 Å². The van der Waals surface area contributed by atoms with Crippen molar-refractivity contribution in [2.24, 2.45) is 0 Å². The van der Waals surface area contributed by atoms with Crippen molar-refractivity contribution in [1.82, 2.24) is 5.32 Å². The van der Waals surface area contributed by atoms with E-state index in [0.717, 1.165) is 5.56 Å². The summed E-state index contributed by atoms with van der Waals surface area (Å²) < 4.78 is 40.1. The summed E-state index contributed by atoms with van der Waals surface area (Å²) in [5, 5.41) is 11.5. The fourth-order valence-electron chi connectivity index (χ4n) is 2.06. The average Bonchev–Trinajstić information content (AvgIpc) is 3.18. The number of halogens is 3. The highest BCUT2D eigenvalue weighted by Crippen LogP contribution is 2.45. The van der Waals surface area contributed by atoms with E-state index >= 15 is 0 Å². The number of alkyl halides is 3. The van der Waals surface area contributed by atoms with Gasteiger partial charge in [-0.1, -0.05) is 12.1 Å². The van der Waals surface area contributed by atoms with E-state index in [4.69, 9.17) is 5.26 Å². The monoisotopic (exact) mass is 298 g/mol. The summed E-state index contributed by atoms with van der Waals surface area (Å²) in [5.74, 6) is -0.598. The van der Waals surface area contributed by atoms with Crippen LogP contribution in [0.5, 0.6) is 0 Å². The van der Waals surface area contributed by atoms with Crippen molar-refractivity contribution in [2.75, 3.05) is 13.2 Å². The van der Waals surface area contributed by atoms with Crippen molar-refractivity contribution in [3.8, 4) is 6.07 Å². The van der Waals surface area contributed by atoms with Gasteiger partial charge in [0.25, 0.3) is 0 Å². The number of ether oxygens (including phenoxy) is 1. The Morgan fingerprint density at radius 1 is 1.43 bits per heavy atom. The number of hydrogen-bond acceptors (Lipinski definition) is 3. The second-order valence-electron chi connectivity index (χ2n) is 4.93. The third-order valence-electron chi connectivity index (χ3n) is 3.17. The Bertz CT molecular complexity index is 574. The van der Waals surface area contributed by atoms with E-state index < -0.39 is 30.8 Å². The summed E-state index contributed by atoms with van der Waals surface area (Å²) >= 11 is 0. The molecule has 0 saturated heterocycles. The first-order chi connectivity index (χ1) is 9.85. The number of rotatable bonds is 5. The van der Waals surface area contributed by atoms with E-state index in [1.807, 2.05) is 6.07 Å². The van der Waals surface area contributed by atoms with Crippen molar-refractivity contribution < 1.29 is 22.7 Å². The lowest BCUT2D eigenvalue weighted by Gasteiger charge is -2.18. The summed E-state index contributed by atoms with van der Waals surface area (Å²) in [5.41, 5.74) is 0.679. The molecular weight excluding hydrogens is 285 g/mol. The Morgan fingerprint density at radius 2 is 2.14 bits per heavy atom. The number of nitriles is 1. The van der Waals surface area contributed by atoms with Gasteiger partial charge in [0.2, 0.25) is 5.91 Å². The van der Waals surface area contributed by atoms with Crippen LogP contribution in [-0.4, -0.2) is 25.3 Å². The lowest BCUT2D eigenvalue weighted by molar-refractivity contribution is -0.175. The average molecular weight is 298 g/mol. The maximum absolute atomic E-state index is 11.9. The van der Waals surface area contributed by atoms with Crippen LogP contribution in [0.15, 0.2) is 24.3 Å². The number of carbonyl (C=O) groups excluding carboxylic acids is 1. The second-order valence-corrected chi connectivity index (χ2v) is 4.93. The summed E-state index contributed by atoms with van der Waals surface area (Å²) in [7, 11) is 0. The molecule has 1 aliphatic carbocycles. The predicted octanol–water partition coefficient (Wildman–Crippen LogP) is 2.24. The SMILES string of the molecule is N#Cc1cccc(C2(NC(=O)COCC(F)(F)F)CC2)c1. The Balaban J connectivity index is 1.92. The molecule has 21 heavy (non-hydrogen) atoms. The first-order valence-electron chi connectivity index (χ1n) is 6.31. The van der Waals surface area contributed by atoms with Gasteiger partial charge in [-0.2, -0.15) is 18.4 Å². The maximum atomic E-state index is 11.9. The van der Waals surface area contributed by atoms with E-state index in [1.54, 1.807) is 24.3 Å². The minimum atomic E-state index is -4.45. The quantitative estimate of drug-likeness (QED) is 0.907. The van der Waals surface area contributed by atoms with Crippen LogP contribution in [-0.2, 0) is 15.1 Å². The molecule has 0 aliphatic heterocycles. The minimum Gasteiger partial charge on any atom is -0.362 e. The standard InChI is InChI=1S/C14H13F3N2O2/c15-14(16,17)9-21-8-12(20)19-13(4-5-13)11-3-1-2-10(6-11)7-18/h1-3,6H,4-5,8-9H2,(H,19,20). The smallest absolute Gasteiger partial charge is 0.362 e. The van der Waals surface area contributed by atoms with Crippen LogP contribution in [0.25, 0.3) is 0 Å². The zero-order valence-electron chi connectivity index (χ0n) is 11.0. The van der Waals surface area contributed by atoms with Crippen LogP contribution < -0.4 is 5.32 Å². The van der Waals surface area contributed by atoms with Gasteiger partial charge < -0.3 is 10.1 Å². The normalized spacial score (nSPS) is 16.1. The van der Waals surface area contributed by atoms with Crippen molar-refractivity contribution >= 4 is 5.91 Å². The fourth-order valence-corrected chi connectivity index (χ4v) is 2.06. The van der Waals surface area contributed by atoms with Gasteiger partial charge in [-0.15, -0.1) is 0 Å². The van der Waals surface area contributed by atoms with Crippen molar-refractivity contribution in [3.05, 3.63) is 35.4 Å². The number of carbonyl (C=O) groups is 1. The van der Waals surface area contributed by atoms with E-state index in [-0.39, 0.29) is 0 Å². The number of benzene rings is 1. The van der Waals surface area contributed by atoms with Gasteiger partial charge in [-0.05, 0) is 30.5 Å². The first kappa shape index (κ1) is 15.3. The van der Waals surface area contributed by atoms with Gasteiger partial charge in [0.1, 0.15) is 13.2 Å². The van der Waals surface area contributed by atoms with Gasteiger partial charge in [-0.25, -0.2) is 0 Å². The van der Waals surface area contributed by atoms with Crippen molar-refractivity contribution in [3.63, 3.8) is 0 Å². The number of hydrogen-bond donors (Lipinski definition) is 1. The summed E-state index contributed by atoms with van der Waals surface area (Å²) in [6.07, 6.45) is -3.07. The van der Waals surface area contributed by atoms with Crippen LogP contribution in [0.2, 0.25) is 0 Å². The van der Waals surface area contributed by atoms with Crippen molar-refractivity contribution in [2.45, 2.75) is 24.6 Å². The van der Waals surface area contributed by atoms with Crippen LogP contribution >= 0.6 is 0 Å². The molecule has 0 bridgehead atoms. The largest absolute Gasteiger partial charge is 0.411 e. The molecule has 1 amide bonds. The van der Waals surface area contributed by atoms with Crippen molar-refractivity contribution in [1.29, 1.82) is 5.26 Å². The molecule has 1 fully saturated rings. The third-order valence-corrected chi connectivity index (χ3v) is 3.17. The predicted molar refractivity (Wildman–Crippen MR) is 67.1 cm³/mol. The molecule has 2 rings (SSSR count). The van der Waals surface area contributed by atoms with E-state index in [0.29, 0.717) is 18.4 Å². The summed E-state index contributed by atoms with van der Waals surface area (Å²) in [4.78, 5) is 11.6. The van der Waals surface area contributed by atoms with E-state index in [9.17, 15) is 18.0 Å². The van der Waals surface area contributed by atoms with Gasteiger partial charge in [0.15, 0.2) is 0 Å². The van der Waals surface area contributed by atoms with E-state index in [2.05, 4.69) is 10.1 Å². The summed E-state index contributed by atoms with van der Waals surface area (Å²) in [6, 6.07) is 8.82. The van der Waals surface area contributed by atoms with Crippen LogP contribution in [0, 0.1) is 11.3 Å². The molecule has 0 unspecified atom stereocenters. The zero-order chi connectivity index (χ0) is 15.5. The highest BCUT2D eigenvalue weighted by Gasteiger charge is 2.45. The van der Waals surface area contributed by atoms with Gasteiger partial charge in [0, 0.05) is 0 Å². The zero-order valence-corrected chi connectivity index (χ0v) is 11.0. The molecule has 0 radical (unpaired) electrons. The molecule has 0 heterocycles. The molecule has 1 aromatic carbocycles. The molecular formula is C14H13F3N2O2. The maximum Gasteiger partial charge on any atom is 0.411 e. The van der Waals surface area contributed by atoms with Crippen LogP contribution in [0.1, 0.15) is 24.0 Å². The van der Waals surface area contributed by atoms with Crippen LogP contribution in [0.4, 0.5) is 13.2 Å². The van der Waals surface area contributed by atoms with Crippen LogP contribution in [0.3, 0.4) is 0 Å². The molecule has 0 aromatic heterocycles. The first-order valence-corrected chi connectivity index (χ1v) is 6.31. The highest BCUT2D eigenvalue weighted by atomic mass is 19.4. The Hall–Kier alpha value is -2.07. The highest BCUT2D eigenvalue weighted by molar-refractivity contribution is 5.78. The minimum absolute atomic E-state index is 0.473. The van der Waals surface area contributed by atoms with Gasteiger partial charge in [-0.3, -0.25) is 4.79 Å². The fraction of sp³-hybridized carbons (Fsp3) is 0.429. The molecule has 1 aliphatic rings. The molecule has 112 valence electrons. The second kappa shape index (κ2) is 5.74. The number of nitrogens with one attached hydrogen (secondary N) is 1. The lowest BCUT2D eigenvalue weighted by Crippen LogP contribution is -2.38. The Labute approximate surface area is 119 Å². The van der Waals surface area contributed by atoms with E-state index in [1.165, 1.54) is 0 Å². The number of amides is 1. The topological polar surface area (TPSA) is 62.1 Å². The molecule has 4 nitrogen and oxygen atoms in total. The van der Waals surface area contributed by atoms with Gasteiger partial charge >= 0.3 is 6.18 Å². The lowest BCUT2D eigenvalue weighted by atomic mass is 10.0. The molecule has 1 aromatic rings. The summed E-state index contributed by atoms with van der Waals surface area (Å²) in [6.45, 7) is -2.09. The molecule has 1 saturated carbocycles. The Morgan fingerprint density at radius 3 is 2.71 bits per heavy atom. The molecule has 1 N–H and O–H groups in total. The molecule has 0 atom stereocenters. The molecule has 0 spiro atoms. The molecule has 7 heteroatoms. The number of nitrogens with zero attached hydrogens (tertiary/aromatic N) is 1.